The van der Waals surface area contributed by atoms with Crippen LogP contribution in [0.2, 0.25) is 0 Å². The van der Waals surface area contributed by atoms with Crippen LogP contribution in [0.15, 0.2) is 24.3 Å². The van der Waals surface area contributed by atoms with E-state index in [0.717, 1.165) is 44.2 Å². The molecule has 2 rings (SSSR count). The summed E-state index contributed by atoms with van der Waals surface area (Å²) in [6.45, 7) is 1.60. The van der Waals surface area contributed by atoms with Crippen molar-refractivity contribution in [3.05, 3.63) is 29.8 Å². The second kappa shape index (κ2) is 7.54. The van der Waals surface area contributed by atoms with E-state index < -0.39 is 21.2 Å². The smallest absolute Gasteiger partial charge is 0.306 e. The van der Waals surface area contributed by atoms with E-state index in [1.165, 1.54) is 0 Å². The van der Waals surface area contributed by atoms with E-state index >= 15 is 0 Å². The van der Waals surface area contributed by atoms with E-state index in [1.54, 1.807) is 12.1 Å². The summed E-state index contributed by atoms with van der Waals surface area (Å²) in [6, 6.07) is 7.07. The molecule has 0 amide bonds. The summed E-state index contributed by atoms with van der Waals surface area (Å²) in [5.74, 6) is 0.960. The van der Waals surface area contributed by atoms with Crippen molar-refractivity contribution < 1.29 is 21.4 Å². The highest BCUT2D eigenvalue weighted by Gasteiger charge is 2.19. The van der Waals surface area contributed by atoms with Crippen LogP contribution in [0.3, 0.4) is 0 Å². The van der Waals surface area contributed by atoms with Crippen LogP contribution in [0.4, 0.5) is 0 Å². The van der Waals surface area contributed by atoms with Crippen molar-refractivity contribution in [2.75, 3.05) is 25.2 Å². The van der Waals surface area contributed by atoms with Gasteiger partial charge in [0.15, 0.2) is 0 Å². The number of rotatable bonds is 6. The lowest BCUT2D eigenvalue weighted by Crippen LogP contribution is -2.36. The second-order valence-electron chi connectivity index (χ2n) is 5.63. The third kappa shape index (κ3) is 6.04. The largest absolute Gasteiger partial charge is 0.771 e. The van der Waals surface area contributed by atoms with E-state index in [1.807, 2.05) is 17.0 Å². The first-order valence-corrected chi connectivity index (χ1v) is 10.1. The highest BCUT2D eigenvalue weighted by molar-refractivity contribution is 7.86. The van der Waals surface area contributed by atoms with Gasteiger partial charge in [0.25, 0.3) is 0 Å². The minimum atomic E-state index is -3.49. The molecule has 6 nitrogen and oxygen atoms in total. The molecule has 1 unspecified atom stereocenters. The number of hydrogen-bond donors (Lipinski definition) is 0. The fourth-order valence-corrected chi connectivity index (χ4v) is 3.67. The minimum Gasteiger partial charge on any atom is -0.771 e. The third-order valence-electron chi connectivity index (χ3n) is 3.69. The summed E-state index contributed by atoms with van der Waals surface area (Å²) >= 11 is -2.01. The van der Waals surface area contributed by atoms with E-state index in [4.69, 9.17) is 4.18 Å². The van der Waals surface area contributed by atoms with Gasteiger partial charge in [-0.2, -0.15) is 8.42 Å². The Balaban J connectivity index is 1.83. The average molecular weight is 346 g/mol. The van der Waals surface area contributed by atoms with Crippen molar-refractivity contribution in [1.82, 2.24) is 4.90 Å². The molecule has 1 fully saturated rings. The van der Waals surface area contributed by atoms with Crippen molar-refractivity contribution in [1.29, 1.82) is 0 Å². The number of piperidine rings is 1. The molecular formula is C14H20NO5S2-. The first-order chi connectivity index (χ1) is 10.3. The molecule has 0 bridgehead atoms. The van der Waals surface area contributed by atoms with Crippen LogP contribution in [0.1, 0.15) is 18.4 Å². The van der Waals surface area contributed by atoms with E-state index in [-0.39, 0.29) is 5.88 Å². The summed E-state index contributed by atoms with van der Waals surface area (Å²) in [5, 5.41) is 0. The molecular weight excluding hydrogens is 326 g/mol. The predicted molar refractivity (Wildman–Crippen MR) is 83.7 cm³/mol. The number of hydrogen-bond acceptors (Lipinski definition) is 6. The van der Waals surface area contributed by atoms with Gasteiger partial charge in [-0.25, -0.2) is 0 Å². The number of nitrogens with zero attached hydrogens (tertiary/aromatic N) is 1. The predicted octanol–water partition coefficient (Wildman–Crippen LogP) is 1.12. The van der Waals surface area contributed by atoms with Crippen LogP contribution in [0.5, 0.6) is 5.75 Å². The lowest BCUT2D eigenvalue weighted by Gasteiger charge is -2.32. The van der Waals surface area contributed by atoms with Crippen LogP contribution in [0.25, 0.3) is 0 Å². The first-order valence-electron chi connectivity index (χ1n) is 7.08. The van der Waals surface area contributed by atoms with Gasteiger partial charge in [0, 0.05) is 0 Å². The Morgan fingerprint density at radius 1 is 1.27 bits per heavy atom. The zero-order chi connectivity index (χ0) is 16.2. The molecule has 1 heterocycles. The quantitative estimate of drug-likeness (QED) is 0.567. The van der Waals surface area contributed by atoms with Crippen molar-refractivity contribution in [3.63, 3.8) is 0 Å². The molecule has 0 aromatic heterocycles. The van der Waals surface area contributed by atoms with Crippen LogP contribution in [0, 0.1) is 5.92 Å². The molecule has 8 heteroatoms. The Bertz CT molecular complexity index is 607. The summed E-state index contributed by atoms with van der Waals surface area (Å²) in [5.41, 5.74) is 1.13. The molecule has 0 saturated carbocycles. The molecule has 0 radical (unpaired) electrons. The standard InChI is InChI=1S/C14H21NO5S2/c1-22(18,19)20-14-4-2-12(3-5-14)10-13-6-8-15(9-7-13)11-21(16)17/h2-5,13H,6-11H2,1H3,(H,16,17)/p-1. The van der Waals surface area contributed by atoms with Crippen molar-refractivity contribution in [2.45, 2.75) is 19.3 Å². The van der Waals surface area contributed by atoms with Crippen molar-refractivity contribution in [2.24, 2.45) is 5.92 Å². The fraction of sp³-hybridized carbons (Fsp3) is 0.571. The molecule has 0 spiro atoms. The van der Waals surface area contributed by atoms with Crippen LogP contribution >= 0.6 is 0 Å². The molecule has 1 aliphatic rings. The Morgan fingerprint density at radius 2 is 1.86 bits per heavy atom. The van der Waals surface area contributed by atoms with Crippen LogP contribution in [-0.2, 0) is 27.6 Å². The molecule has 1 aromatic carbocycles. The minimum absolute atomic E-state index is 0.115. The fourth-order valence-electron chi connectivity index (χ4n) is 2.66. The summed E-state index contributed by atoms with van der Waals surface area (Å²) < 4.78 is 48.2. The zero-order valence-corrected chi connectivity index (χ0v) is 14.1. The second-order valence-corrected chi connectivity index (χ2v) is 8.07. The van der Waals surface area contributed by atoms with E-state index in [9.17, 15) is 17.2 Å². The Hall–Kier alpha value is -0.960. The third-order valence-corrected chi connectivity index (χ3v) is 4.76. The van der Waals surface area contributed by atoms with Crippen LogP contribution in [-0.4, -0.2) is 47.3 Å². The molecule has 0 N–H and O–H groups in total. The summed E-state index contributed by atoms with van der Waals surface area (Å²) in [4.78, 5) is 1.95. The number of likely N-dealkylation sites (tertiary alicyclic amines) is 1. The lowest BCUT2D eigenvalue weighted by atomic mass is 9.90. The van der Waals surface area contributed by atoms with Gasteiger partial charge >= 0.3 is 10.1 Å². The molecule has 1 atom stereocenters. The Labute approximate surface area is 133 Å². The summed E-state index contributed by atoms with van der Waals surface area (Å²) in [7, 11) is -3.49. The molecule has 1 aliphatic heterocycles. The zero-order valence-electron chi connectivity index (χ0n) is 12.4. The number of benzene rings is 1. The highest BCUT2D eigenvalue weighted by Crippen LogP contribution is 2.23. The maximum atomic E-state index is 11.0. The monoisotopic (exact) mass is 346 g/mol. The van der Waals surface area contributed by atoms with Gasteiger partial charge in [0.1, 0.15) is 5.75 Å². The highest BCUT2D eigenvalue weighted by atomic mass is 32.2. The molecule has 1 aromatic rings. The molecule has 1 saturated heterocycles. The molecule has 124 valence electrons. The van der Waals surface area contributed by atoms with Gasteiger partial charge in [-0.05, 0) is 67.0 Å². The first kappa shape index (κ1) is 17.4. The molecule has 0 aliphatic carbocycles. The van der Waals surface area contributed by atoms with E-state index in [2.05, 4.69) is 0 Å². The van der Waals surface area contributed by atoms with Gasteiger partial charge in [0.2, 0.25) is 0 Å². The van der Waals surface area contributed by atoms with Gasteiger partial charge in [-0.15, -0.1) is 0 Å². The van der Waals surface area contributed by atoms with Gasteiger partial charge < -0.3 is 8.74 Å². The maximum absolute atomic E-state index is 11.0. The lowest BCUT2D eigenvalue weighted by molar-refractivity contribution is 0.206. The maximum Gasteiger partial charge on any atom is 0.306 e. The summed E-state index contributed by atoms with van der Waals surface area (Å²) in [6.07, 6.45) is 3.87. The van der Waals surface area contributed by atoms with Gasteiger partial charge in [-0.3, -0.25) is 9.11 Å². The van der Waals surface area contributed by atoms with Gasteiger partial charge in [0.05, 0.1) is 12.1 Å². The Morgan fingerprint density at radius 3 is 2.36 bits per heavy atom. The Kier molecular flexibility index (Phi) is 5.96. The average Bonchev–Trinajstić information content (AvgIpc) is 2.41. The van der Waals surface area contributed by atoms with Crippen molar-refractivity contribution >= 4 is 21.2 Å². The molecule has 22 heavy (non-hydrogen) atoms. The SMILES string of the molecule is CS(=O)(=O)Oc1ccc(CC2CCN(CS(=O)[O-])CC2)cc1. The van der Waals surface area contributed by atoms with Crippen LogP contribution < -0.4 is 4.18 Å². The van der Waals surface area contributed by atoms with Crippen molar-refractivity contribution in [3.8, 4) is 5.75 Å². The van der Waals surface area contributed by atoms with E-state index in [0.29, 0.717) is 11.7 Å². The normalized spacial score (nSPS) is 19.0. The van der Waals surface area contributed by atoms with Gasteiger partial charge in [-0.1, -0.05) is 12.1 Å². The topological polar surface area (TPSA) is 86.7 Å².